The number of carbonyl (C=O) groups is 1. The number of halogens is 3. The second-order valence-corrected chi connectivity index (χ2v) is 4.53. The van der Waals surface area contributed by atoms with Gasteiger partial charge in [-0.2, -0.15) is 13.2 Å². The number of piperidine rings is 1. The maximum atomic E-state index is 12.4. The molecule has 98 valence electrons. The molecule has 0 aromatic heterocycles. The van der Waals surface area contributed by atoms with Crippen LogP contribution in [0.25, 0.3) is 0 Å². The Bertz CT molecular complexity index is 413. The molecule has 1 aliphatic rings. The van der Waals surface area contributed by atoms with Crippen LogP contribution in [0.15, 0.2) is 24.3 Å². The third-order valence-electron chi connectivity index (χ3n) is 3.21. The van der Waals surface area contributed by atoms with Gasteiger partial charge in [0.05, 0.1) is 5.56 Å². The highest BCUT2D eigenvalue weighted by atomic mass is 19.4. The summed E-state index contributed by atoms with van der Waals surface area (Å²) in [4.78, 5) is 12.7. The van der Waals surface area contributed by atoms with Crippen molar-refractivity contribution in [3.8, 4) is 0 Å². The Kier molecular flexibility index (Phi) is 3.59. The minimum absolute atomic E-state index is 0.0129. The van der Waals surface area contributed by atoms with Crippen molar-refractivity contribution in [1.29, 1.82) is 0 Å². The average Bonchev–Trinajstić information content (AvgIpc) is 2.38. The molecule has 0 saturated carbocycles. The molecule has 1 aliphatic heterocycles. The van der Waals surface area contributed by atoms with Gasteiger partial charge in [-0.3, -0.25) is 0 Å². The molecule has 18 heavy (non-hydrogen) atoms. The summed E-state index contributed by atoms with van der Waals surface area (Å²) in [7, 11) is 0. The number of alkyl halides is 3. The van der Waals surface area contributed by atoms with Gasteiger partial charge in [0, 0.05) is 24.7 Å². The summed E-state index contributed by atoms with van der Waals surface area (Å²) in [6, 6.07) is 5.10. The van der Waals surface area contributed by atoms with Crippen LogP contribution in [0.4, 0.5) is 18.9 Å². The van der Waals surface area contributed by atoms with Gasteiger partial charge in [-0.25, -0.2) is 0 Å². The van der Waals surface area contributed by atoms with Crippen LogP contribution >= 0.6 is 0 Å². The van der Waals surface area contributed by atoms with Crippen LogP contribution in [0.2, 0.25) is 0 Å². The predicted octanol–water partition coefficient (Wildman–Crippen LogP) is 3.12. The van der Waals surface area contributed by atoms with Crippen molar-refractivity contribution in [2.45, 2.75) is 19.0 Å². The largest absolute Gasteiger partial charge is 0.416 e. The first kappa shape index (κ1) is 12.9. The number of anilines is 1. The molecule has 0 spiro atoms. The van der Waals surface area contributed by atoms with Crippen LogP contribution in [-0.4, -0.2) is 19.4 Å². The normalized spacial score (nSPS) is 20.8. The third-order valence-corrected chi connectivity index (χ3v) is 3.21. The lowest BCUT2D eigenvalue weighted by molar-refractivity contribution is -0.137. The number of hydrogen-bond acceptors (Lipinski definition) is 2. The zero-order chi connectivity index (χ0) is 13.2. The second kappa shape index (κ2) is 5.00. The van der Waals surface area contributed by atoms with E-state index in [1.807, 2.05) is 4.90 Å². The summed E-state index contributed by atoms with van der Waals surface area (Å²) >= 11 is 0. The van der Waals surface area contributed by atoms with Crippen molar-refractivity contribution in [3.05, 3.63) is 29.8 Å². The van der Waals surface area contributed by atoms with E-state index in [9.17, 15) is 18.0 Å². The van der Waals surface area contributed by atoms with E-state index in [4.69, 9.17) is 0 Å². The van der Waals surface area contributed by atoms with Crippen LogP contribution in [0.1, 0.15) is 18.4 Å². The molecule has 1 aromatic rings. The van der Waals surface area contributed by atoms with Crippen LogP contribution in [0, 0.1) is 5.92 Å². The highest BCUT2D eigenvalue weighted by molar-refractivity contribution is 5.57. The maximum Gasteiger partial charge on any atom is 0.416 e. The molecule has 2 rings (SSSR count). The van der Waals surface area contributed by atoms with Crippen molar-refractivity contribution >= 4 is 12.0 Å². The molecule has 0 unspecified atom stereocenters. The van der Waals surface area contributed by atoms with E-state index >= 15 is 0 Å². The standard InChI is InChI=1S/C13H14F3NO/c14-13(15,16)11-3-5-12(6-4-11)17-7-1-2-10(8-17)9-18/h3-6,9-10H,1-2,7-8H2/t10-/m1/s1. The predicted molar refractivity (Wildman–Crippen MR) is 62.4 cm³/mol. The first-order valence-electron chi connectivity index (χ1n) is 5.88. The number of nitrogens with zero attached hydrogens (tertiary/aromatic N) is 1. The Morgan fingerprint density at radius 2 is 1.89 bits per heavy atom. The summed E-state index contributed by atoms with van der Waals surface area (Å²) in [6.45, 7) is 1.38. The lowest BCUT2D eigenvalue weighted by Crippen LogP contribution is -2.35. The van der Waals surface area contributed by atoms with Gasteiger partial charge in [0.2, 0.25) is 0 Å². The minimum Gasteiger partial charge on any atom is -0.371 e. The second-order valence-electron chi connectivity index (χ2n) is 4.53. The highest BCUT2D eigenvalue weighted by Gasteiger charge is 2.30. The van der Waals surface area contributed by atoms with Crippen molar-refractivity contribution in [1.82, 2.24) is 0 Å². The van der Waals surface area contributed by atoms with E-state index < -0.39 is 11.7 Å². The van der Waals surface area contributed by atoms with Crippen molar-refractivity contribution < 1.29 is 18.0 Å². The third kappa shape index (κ3) is 2.83. The van der Waals surface area contributed by atoms with Gasteiger partial charge in [0.15, 0.2) is 0 Å². The number of aldehydes is 1. The Morgan fingerprint density at radius 1 is 1.22 bits per heavy atom. The molecular weight excluding hydrogens is 243 g/mol. The summed E-state index contributed by atoms with van der Waals surface area (Å²) < 4.78 is 37.3. The average molecular weight is 257 g/mol. The summed E-state index contributed by atoms with van der Waals surface area (Å²) in [6.07, 6.45) is -1.62. The fraction of sp³-hybridized carbons (Fsp3) is 0.462. The molecule has 0 radical (unpaired) electrons. The van der Waals surface area contributed by atoms with Gasteiger partial charge in [0.25, 0.3) is 0 Å². The highest BCUT2D eigenvalue weighted by Crippen LogP contribution is 2.31. The maximum absolute atomic E-state index is 12.4. The fourth-order valence-corrected chi connectivity index (χ4v) is 2.22. The number of benzene rings is 1. The summed E-state index contributed by atoms with van der Waals surface area (Å²) in [5, 5.41) is 0. The number of hydrogen-bond donors (Lipinski definition) is 0. The Hall–Kier alpha value is -1.52. The van der Waals surface area contributed by atoms with Crippen LogP contribution in [0.3, 0.4) is 0 Å². The SMILES string of the molecule is O=C[C@@H]1CCCN(c2ccc(C(F)(F)F)cc2)C1. The molecule has 1 saturated heterocycles. The zero-order valence-electron chi connectivity index (χ0n) is 9.78. The molecule has 1 heterocycles. The van der Waals surface area contributed by atoms with Gasteiger partial charge in [0.1, 0.15) is 6.29 Å². The molecule has 0 N–H and O–H groups in total. The monoisotopic (exact) mass is 257 g/mol. The van der Waals surface area contributed by atoms with Crippen LogP contribution in [0.5, 0.6) is 0 Å². The molecule has 1 fully saturated rings. The molecular formula is C13H14F3NO. The Morgan fingerprint density at radius 3 is 2.44 bits per heavy atom. The zero-order valence-corrected chi connectivity index (χ0v) is 9.78. The molecule has 0 bridgehead atoms. The first-order valence-corrected chi connectivity index (χ1v) is 5.88. The van der Waals surface area contributed by atoms with Gasteiger partial charge in [-0.15, -0.1) is 0 Å². The van der Waals surface area contributed by atoms with Crippen LogP contribution in [-0.2, 0) is 11.0 Å². The van der Waals surface area contributed by atoms with Gasteiger partial charge < -0.3 is 9.69 Å². The molecule has 5 heteroatoms. The van der Waals surface area contributed by atoms with Crippen molar-refractivity contribution in [2.75, 3.05) is 18.0 Å². The smallest absolute Gasteiger partial charge is 0.371 e. The van der Waals surface area contributed by atoms with Crippen molar-refractivity contribution in [3.63, 3.8) is 0 Å². The molecule has 1 aromatic carbocycles. The molecule has 1 atom stereocenters. The summed E-state index contributed by atoms with van der Waals surface area (Å²) in [5.41, 5.74) is 0.102. The lowest BCUT2D eigenvalue weighted by Gasteiger charge is -2.32. The fourth-order valence-electron chi connectivity index (χ4n) is 2.22. The summed E-state index contributed by atoms with van der Waals surface area (Å²) in [5.74, 6) is -0.0129. The van der Waals surface area contributed by atoms with E-state index in [-0.39, 0.29) is 5.92 Å². The number of rotatable bonds is 2. The lowest BCUT2D eigenvalue weighted by atomic mass is 9.99. The topological polar surface area (TPSA) is 20.3 Å². The van der Waals surface area contributed by atoms with E-state index in [1.54, 1.807) is 0 Å². The van der Waals surface area contributed by atoms with Gasteiger partial charge >= 0.3 is 6.18 Å². The Balaban J connectivity index is 2.12. The van der Waals surface area contributed by atoms with Gasteiger partial charge in [-0.05, 0) is 37.1 Å². The molecule has 0 aliphatic carbocycles. The van der Waals surface area contributed by atoms with E-state index in [0.29, 0.717) is 6.54 Å². The van der Waals surface area contributed by atoms with E-state index in [0.717, 1.165) is 43.5 Å². The van der Waals surface area contributed by atoms with E-state index in [2.05, 4.69) is 0 Å². The molecule has 2 nitrogen and oxygen atoms in total. The van der Waals surface area contributed by atoms with Crippen molar-refractivity contribution in [2.24, 2.45) is 5.92 Å². The first-order chi connectivity index (χ1) is 8.50. The molecule has 0 amide bonds. The van der Waals surface area contributed by atoms with E-state index in [1.165, 1.54) is 12.1 Å². The van der Waals surface area contributed by atoms with Gasteiger partial charge in [-0.1, -0.05) is 0 Å². The minimum atomic E-state index is -4.30. The quantitative estimate of drug-likeness (QED) is 0.759. The number of carbonyl (C=O) groups excluding carboxylic acids is 1. The van der Waals surface area contributed by atoms with Crippen LogP contribution < -0.4 is 4.90 Å². The Labute approximate surface area is 103 Å².